The van der Waals surface area contributed by atoms with Crippen LogP contribution >= 0.6 is 11.3 Å². The Bertz CT molecular complexity index is 705. The normalized spacial score (nSPS) is 12.7. The minimum atomic E-state index is -0.133. The van der Waals surface area contributed by atoms with Crippen LogP contribution in [0, 0.1) is 5.82 Å². The van der Waals surface area contributed by atoms with Gasteiger partial charge in [-0.15, -0.1) is 11.3 Å². The van der Waals surface area contributed by atoms with Gasteiger partial charge in [-0.25, -0.2) is 9.37 Å². The number of fused-ring (bicyclic) bond motifs is 1. The third kappa shape index (κ3) is 3.46. The molecule has 2 nitrogen and oxygen atoms in total. The molecule has 0 saturated heterocycles. The molecule has 0 bridgehead atoms. The van der Waals surface area contributed by atoms with E-state index in [0.29, 0.717) is 6.42 Å². The number of aromatic nitrogens is 1. The van der Waals surface area contributed by atoms with Gasteiger partial charge in [0.2, 0.25) is 0 Å². The van der Waals surface area contributed by atoms with E-state index in [9.17, 15) is 4.39 Å². The van der Waals surface area contributed by atoms with Gasteiger partial charge in [0.25, 0.3) is 0 Å². The first-order valence-electron chi connectivity index (χ1n) is 7.03. The maximum atomic E-state index is 13.6. The van der Waals surface area contributed by atoms with Gasteiger partial charge in [-0.2, -0.15) is 0 Å². The Morgan fingerprint density at radius 2 is 1.90 bits per heavy atom. The van der Waals surface area contributed by atoms with Gasteiger partial charge in [-0.05, 0) is 37.1 Å². The molecular weight excluding hydrogens is 283 g/mol. The molecule has 0 amide bonds. The highest BCUT2D eigenvalue weighted by Crippen LogP contribution is 2.21. The van der Waals surface area contributed by atoms with Crippen molar-refractivity contribution < 1.29 is 4.39 Å². The molecule has 3 rings (SSSR count). The molecule has 1 heterocycles. The molecule has 0 aliphatic heterocycles. The first-order valence-corrected chi connectivity index (χ1v) is 7.85. The molecule has 0 aliphatic rings. The van der Waals surface area contributed by atoms with E-state index < -0.39 is 0 Å². The summed E-state index contributed by atoms with van der Waals surface area (Å²) >= 11 is 1.70. The van der Waals surface area contributed by atoms with Crippen molar-refractivity contribution in [1.82, 2.24) is 10.3 Å². The van der Waals surface area contributed by atoms with Crippen LogP contribution in [0.2, 0.25) is 0 Å². The quantitative estimate of drug-likeness (QED) is 0.765. The molecule has 1 atom stereocenters. The van der Waals surface area contributed by atoms with Crippen LogP contribution < -0.4 is 5.32 Å². The number of nitrogens with zero attached hydrogens (tertiary/aromatic N) is 1. The van der Waals surface area contributed by atoms with Gasteiger partial charge in [-0.1, -0.05) is 30.3 Å². The zero-order chi connectivity index (χ0) is 14.7. The summed E-state index contributed by atoms with van der Waals surface area (Å²) < 4.78 is 14.8. The summed E-state index contributed by atoms with van der Waals surface area (Å²) in [6, 6.07) is 15.3. The van der Waals surface area contributed by atoms with Crippen LogP contribution in [-0.2, 0) is 13.0 Å². The summed E-state index contributed by atoms with van der Waals surface area (Å²) in [5, 5.41) is 4.48. The third-order valence-corrected chi connectivity index (χ3v) is 4.46. The molecule has 0 spiro atoms. The van der Waals surface area contributed by atoms with Gasteiger partial charge in [0.1, 0.15) is 10.8 Å². The largest absolute Gasteiger partial charge is 0.308 e. The van der Waals surface area contributed by atoms with Gasteiger partial charge in [0, 0.05) is 12.6 Å². The van der Waals surface area contributed by atoms with Gasteiger partial charge in [0.15, 0.2) is 0 Å². The molecule has 1 unspecified atom stereocenters. The molecule has 108 valence electrons. The first-order chi connectivity index (χ1) is 10.2. The van der Waals surface area contributed by atoms with E-state index in [-0.39, 0.29) is 11.9 Å². The van der Waals surface area contributed by atoms with E-state index in [4.69, 9.17) is 0 Å². The van der Waals surface area contributed by atoms with Gasteiger partial charge < -0.3 is 5.32 Å². The molecule has 1 N–H and O–H groups in total. The van der Waals surface area contributed by atoms with Crippen LogP contribution in [0.1, 0.15) is 17.5 Å². The molecule has 4 heteroatoms. The minimum absolute atomic E-state index is 0.133. The number of benzene rings is 2. The van der Waals surface area contributed by atoms with E-state index in [0.717, 1.165) is 22.6 Å². The average Bonchev–Trinajstić information content (AvgIpc) is 2.90. The number of thiazole rings is 1. The second-order valence-electron chi connectivity index (χ2n) is 5.15. The first kappa shape index (κ1) is 14.2. The van der Waals surface area contributed by atoms with Crippen molar-refractivity contribution in [2.24, 2.45) is 0 Å². The van der Waals surface area contributed by atoms with E-state index in [2.05, 4.69) is 23.3 Å². The van der Waals surface area contributed by atoms with Crippen LogP contribution in [0.5, 0.6) is 0 Å². The Morgan fingerprint density at radius 3 is 2.71 bits per heavy atom. The molecule has 21 heavy (non-hydrogen) atoms. The number of hydrogen-bond acceptors (Lipinski definition) is 3. The summed E-state index contributed by atoms with van der Waals surface area (Å²) in [6.45, 7) is 2.79. The van der Waals surface area contributed by atoms with E-state index in [1.165, 1.54) is 10.8 Å². The highest BCUT2D eigenvalue weighted by molar-refractivity contribution is 7.18. The fourth-order valence-corrected chi connectivity index (χ4v) is 3.24. The average molecular weight is 300 g/mol. The summed E-state index contributed by atoms with van der Waals surface area (Å²) in [5.41, 5.74) is 1.79. The predicted octanol–water partition coefficient (Wildman–Crippen LogP) is 4.16. The molecule has 0 fully saturated rings. The number of rotatable bonds is 5. The fourth-order valence-electron chi connectivity index (χ4n) is 2.32. The summed E-state index contributed by atoms with van der Waals surface area (Å²) in [5.74, 6) is -0.133. The van der Waals surface area contributed by atoms with E-state index >= 15 is 0 Å². The Balaban J connectivity index is 1.60. The SMILES string of the molecule is CC(Cc1ccccc1F)NCc1nc2ccccc2s1. The number of hydrogen-bond donors (Lipinski definition) is 1. The predicted molar refractivity (Wildman–Crippen MR) is 86.0 cm³/mol. The summed E-state index contributed by atoms with van der Waals surface area (Å²) in [6.07, 6.45) is 0.678. The van der Waals surface area contributed by atoms with Gasteiger partial charge >= 0.3 is 0 Å². The maximum absolute atomic E-state index is 13.6. The molecular formula is C17H17FN2S. The lowest BCUT2D eigenvalue weighted by atomic mass is 10.1. The highest BCUT2D eigenvalue weighted by Gasteiger charge is 2.08. The Labute approximate surface area is 127 Å². The van der Waals surface area contributed by atoms with Crippen molar-refractivity contribution in [2.75, 3.05) is 0 Å². The standard InChI is InChI=1S/C17H17FN2S/c1-12(10-13-6-2-3-7-14(13)18)19-11-17-20-15-8-4-5-9-16(15)21-17/h2-9,12,19H,10-11H2,1H3. The van der Waals surface area contributed by atoms with Crippen molar-refractivity contribution in [3.8, 4) is 0 Å². The molecule has 0 saturated carbocycles. The lowest BCUT2D eigenvalue weighted by Crippen LogP contribution is -2.27. The molecule has 1 aromatic heterocycles. The van der Waals surface area contributed by atoms with E-state index in [1.807, 2.05) is 30.3 Å². The fraction of sp³-hybridized carbons (Fsp3) is 0.235. The monoisotopic (exact) mass is 300 g/mol. The Kier molecular flexibility index (Phi) is 4.27. The number of para-hydroxylation sites is 1. The number of halogens is 1. The number of nitrogens with one attached hydrogen (secondary N) is 1. The van der Waals surface area contributed by atoms with Crippen LogP contribution in [-0.4, -0.2) is 11.0 Å². The summed E-state index contributed by atoms with van der Waals surface area (Å²) in [7, 11) is 0. The lowest BCUT2D eigenvalue weighted by Gasteiger charge is -2.13. The molecule has 0 radical (unpaired) electrons. The second kappa shape index (κ2) is 6.33. The van der Waals surface area contributed by atoms with Crippen molar-refractivity contribution >= 4 is 21.6 Å². The van der Waals surface area contributed by atoms with Crippen molar-refractivity contribution in [1.29, 1.82) is 0 Å². The molecule has 3 aromatic rings. The molecule has 0 aliphatic carbocycles. The van der Waals surface area contributed by atoms with Gasteiger partial charge in [0.05, 0.1) is 10.2 Å². The Hall–Kier alpha value is -1.78. The van der Waals surface area contributed by atoms with Crippen molar-refractivity contribution in [3.63, 3.8) is 0 Å². The smallest absolute Gasteiger partial charge is 0.126 e. The topological polar surface area (TPSA) is 24.9 Å². The summed E-state index contributed by atoms with van der Waals surface area (Å²) in [4.78, 5) is 4.59. The maximum Gasteiger partial charge on any atom is 0.126 e. The van der Waals surface area contributed by atoms with Crippen molar-refractivity contribution in [2.45, 2.75) is 25.9 Å². The zero-order valence-electron chi connectivity index (χ0n) is 11.8. The van der Waals surface area contributed by atoms with Crippen molar-refractivity contribution in [3.05, 3.63) is 64.9 Å². The minimum Gasteiger partial charge on any atom is -0.308 e. The second-order valence-corrected chi connectivity index (χ2v) is 6.27. The third-order valence-electron chi connectivity index (χ3n) is 3.42. The lowest BCUT2D eigenvalue weighted by molar-refractivity contribution is 0.525. The van der Waals surface area contributed by atoms with Crippen LogP contribution in [0.25, 0.3) is 10.2 Å². The highest BCUT2D eigenvalue weighted by atomic mass is 32.1. The molecule has 2 aromatic carbocycles. The zero-order valence-corrected chi connectivity index (χ0v) is 12.7. The van der Waals surface area contributed by atoms with Crippen LogP contribution in [0.15, 0.2) is 48.5 Å². The van der Waals surface area contributed by atoms with E-state index in [1.54, 1.807) is 17.4 Å². The van der Waals surface area contributed by atoms with Gasteiger partial charge in [-0.3, -0.25) is 0 Å². The van der Waals surface area contributed by atoms with Crippen LogP contribution in [0.4, 0.5) is 4.39 Å². The Morgan fingerprint density at radius 1 is 1.14 bits per heavy atom. The van der Waals surface area contributed by atoms with Crippen LogP contribution in [0.3, 0.4) is 0 Å².